The van der Waals surface area contributed by atoms with Crippen LogP contribution in [-0.2, 0) is 0 Å². The summed E-state index contributed by atoms with van der Waals surface area (Å²) in [6.07, 6.45) is 2.59. The average molecular weight is 756 g/mol. The topological polar surface area (TPSA) is 113 Å². The van der Waals surface area contributed by atoms with Gasteiger partial charge in [0.25, 0.3) is 5.91 Å². The van der Waals surface area contributed by atoms with Crippen LogP contribution in [-0.4, -0.2) is 56.5 Å². The maximum Gasteiger partial charge on any atom is 0.258 e. The summed E-state index contributed by atoms with van der Waals surface area (Å²) in [6.45, 7) is 16.8. The van der Waals surface area contributed by atoms with Gasteiger partial charge in [-0.05, 0) is 167 Å². The molecule has 2 aromatic heterocycles. The van der Waals surface area contributed by atoms with Crippen LogP contribution in [0.4, 0.5) is 11.6 Å². The van der Waals surface area contributed by atoms with Gasteiger partial charge in [-0.15, -0.1) is 0 Å². The zero-order valence-electron chi connectivity index (χ0n) is 33.0. The highest BCUT2D eigenvalue weighted by atomic mass is 32.2. The van der Waals surface area contributed by atoms with Gasteiger partial charge in [0.1, 0.15) is 6.04 Å². The van der Waals surface area contributed by atoms with Gasteiger partial charge >= 0.3 is 0 Å². The summed E-state index contributed by atoms with van der Waals surface area (Å²) in [5, 5.41) is 3.43. The first-order chi connectivity index (χ1) is 26.9. The number of nitrogens with zero attached hydrogens (tertiary/aromatic N) is 8. The van der Waals surface area contributed by atoms with Crippen LogP contribution in [0.1, 0.15) is 78.0 Å². The molecule has 0 aliphatic carbocycles. The van der Waals surface area contributed by atoms with Crippen molar-refractivity contribution in [3.05, 3.63) is 126 Å². The van der Waals surface area contributed by atoms with Crippen LogP contribution in [0.2, 0.25) is 0 Å². The SMILES string of the molecule is CSCC[C@@H]1Nn2c3c4cc(C)c(C)cc4c2N=C2N=C(N=c4c5cc(C)c(C)cc5c(n4C1=O)=NC1=NC(=N3)c3cc(C)c(C)cc31)c1cc(C)c(C)cc12. The van der Waals surface area contributed by atoms with Crippen molar-refractivity contribution in [2.24, 2.45) is 30.0 Å². The number of thioether (sulfide) groups is 1. The van der Waals surface area contributed by atoms with Crippen molar-refractivity contribution in [1.82, 2.24) is 9.24 Å². The van der Waals surface area contributed by atoms with E-state index in [1.165, 1.54) is 0 Å². The molecular weight excluding hydrogens is 715 g/mol. The molecule has 6 aromatic rings. The zero-order valence-corrected chi connectivity index (χ0v) is 33.8. The molecule has 0 unspecified atom stereocenters. The Morgan fingerprint density at radius 1 is 0.518 bits per heavy atom. The smallest absolute Gasteiger partial charge is 0.258 e. The molecule has 6 bridgehead atoms. The molecule has 56 heavy (non-hydrogen) atoms. The van der Waals surface area contributed by atoms with Gasteiger partial charge in [-0.3, -0.25) is 4.79 Å². The third-order valence-corrected chi connectivity index (χ3v) is 12.6. The van der Waals surface area contributed by atoms with E-state index < -0.39 is 6.04 Å². The Bertz CT molecular complexity index is 2910. The number of nitrogens with one attached hydrogen (secondary N) is 1. The molecule has 0 saturated carbocycles. The Labute approximate surface area is 328 Å². The van der Waals surface area contributed by atoms with Gasteiger partial charge in [0.15, 0.2) is 46.0 Å². The molecule has 278 valence electrons. The van der Waals surface area contributed by atoms with Crippen molar-refractivity contribution >= 4 is 74.2 Å². The minimum atomic E-state index is -0.701. The summed E-state index contributed by atoms with van der Waals surface area (Å²) in [4.78, 5) is 47.7. The van der Waals surface area contributed by atoms with Crippen LogP contribution in [0.5, 0.6) is 0 Å². The monoisotopic (exact) mass is 755 g/mol. The molecule has 10 nitrogen and oxygen atoms in total. The Morgan fingerprint density at radius 3 is 1.27 bits per heavy atom. The lowest BCUT2D eigenvalue weighted by Gasteiger charge is -2.22. The maximum absolute atomic E-state index is 15.7. The molecule has 0 spiro atoms. The third kappa shape index (κ3) is 4.99. The highest BCUT2D eigenvalue weighted by molar-refractivity contribution is 7.98. The molecule has 0 radical (unpaired) electrons. The fourth-order valence-corrected chi connectivity index (χ4v) is 8.64. The van der Waals surface area contributed by atoms with E-state index in [-0.39, 0.29) is 5.91 Å². The van der Waals surface area contributed by atoms with E-state index in [1.54, 1.807) is 16.3 Å². The number of aliphatic imine (C=N–C) groups is 4. The molecule has 11 heteroatoms. The van der Waals surface area contributed by atoms with E-state index in [1.807, 2.05) is 4.68 Å². The number of carbonyl (C=O) groups is 1. The maximum atomic E-state index is 15.7. The van der Waals surface area contributed by atoms with Crippen molar-refractivity contribution in [1.29, 1.82) is 0 Å². The number of amidine groups is 4. The van der Waals surface area contributed by atoms with E-state index in [0.29, 0.717) is 52.4 Å². The van der Waals surface area contributed by atoms with Gasteiger partial charge < -0.3 is 5.43 Å². The van der Waals surface area contributed by atoms with Crippen LogP contribution >= 0.6 is 11.8 Å². The quantitative estimate of drug-likeness (QED) is 0.198. The Hall–Kier alpha value is -5.94. The fraction of sp³-hybridized carbons (Fsp3) is 0.267. The molecule has 0 amide bonds. The first kappa shape index (κ1) is 34.5. The highest BCUT2D eigenvalue weighted by Crippen LogP contribution is 2.41. The van der Waals surface area contributed by atoms with Gasteiger partial charge in [-0.1, -0.05) is 0 Å². The zero-order chi connectivity index (χ0) is 38.9. The van der Waals surface area contributed by atoms with Crippen LogP contribution in [0.3, 0.4) is 0 Å². The second kappa shape index (κ2) is 12.3. The van der Waals surface area contributed by atoms with E-state index in [2.05, 4.69) is 116 Å². The number of fused-ring (bicyclic) bond motifs is 16. The molecule has 4 aliphatic heterocycles. The number of hydrogen-bond acceptors (Lipinski definition) is 9. The van der Waals surface area contributed by atoms with Gasteiger partial charge in [0.2, 0.25) is 0 Å². The number of rotatable bonds is 3. The summed E-state index contributed by atoms with van der Waals surface area (Å²) in [6, 6.07) is 16.4. The van der Waals surface area contributed by atoms with Crippen molar-refractivity contribution in [3.8, 4) is 0 Å². The van der Waals surface area contributed by atoms with Crippen molar-refractivity contribution in [3.63, 3.8) is 0 Å². The predicted octanol–water partition coefficient (Wildman–Crippen LogP) is 8.01. The predicted molar refractivity (Wildman–Crippen MR) is 229 cm³/mol. The molecule has 6 heterocycles. The molecule has 4 aliphatic rings. The molecule has 4 aromatic carbocycles. The Kier molecular flexibility index (Phi) is 7.57. The molecular formula is C45H41N9OS. The van der Waals surface area contributed by atoms with Crippen molar-refractivity contribution in [2.45, 2.75) is 67.9 Å². The van der Waals surface area contributed by atoms with E-state index >= 15 is 4.79 Å². The van der Waals surface area contributed by atoms with E-state index in [4.69, 9.17) is 30.0 Å². The Morgan fingerprint density at radius 2 is 0.875 bits per heavy atom. The summed E-state index contributed by atoms with van der Waals surface area (Å²) in [7, 11) is 0. The second-order valence-corrected chi connectivity index (χ2v) is 16.6. The van der Waals surface area contributed by atoms with E-state index in [9.17, 15) is 0 Å². The van der Waals surface area contributed by atoms with Crippen LogP contribution in [0.25, 0.3) is 21.5 Å². The van der Waals surface area contributed by atoms with Gasteiger partial charge in [-0.25, -0.2) is 39.2 Å². The lowest BCUT2D eigenvalue weighted by Crippen LogP contribution is -2.46. The molecule has 1 N–H and O–H groups in total. The summed E-state index contributed by atoms with van der Waals surface area (Å²) in [5.74, 6) is 3.90. The minimum absolute atomic E-state index is 0.183. The van der Waals surface area contributed by atoms with Crippen LogP contribution < -0.4 is 16.4 Å². The minimum Gasteiger partial charge on any atom is -0.310 e. The van der Waals surface area contributed by atoms with Gasteiger partial charge in [0.05, 0.1) is 0 Å². The summed E-state index contributed by atoms with van der Waals surface area (Å²) in [5.41, 5.74) is 17.1. The van der Waals surface area contributed by atoms with Crippen molar-refractivity contribution < 1.29 is 4.79 Å². The highest BCUT2D eigenvalue weighted by Gasteiger charge is 2.33. The summed E-state index contributed by atoms with van der Waals surface area (Å²) >= 11 is 1.70. The number of hydrogen-bond donors (Lipinski definition) is 1. The number of aryl methyl sites for hydroxylation is 8. The fourth-order valence-electron chi connectivity index (χ4n) is 8.17. The average Bonchev–Trinajstić information content (AvgIpc) is 3.83. The lowest BCUT2D eigenvalue weighted by molar-refractivity contribution is 0.0874. The first-order valence-corrected chi connectivity index (χ1v) is 20.4. The standard InChI is InChI=1S/C45H41N9OS/c1-20-12-28-30(14-22(20)3)39-46-37(28)48-41-32-16-24(5)25(6)17-33(32)42-49-38-29-13-21(2)23(4)15-31(29)40(47-38)51-44-35-19-27(8)26(7)18-34(35)43(50-39)54(44)52-36(10-11-56-9)45(55)53(41)42/h12-19,36,52H,10-11H2,1-9H3/t36-/m0/s1. The van der Waals surface area contributed by atoms with E-state index in [0.717, 1.165) is 94.1 Å². The van der Waals surface area contributed by atoms with Crippen LogP contribution in [0, 0.1) is 55.4 Å². The van der Waals surface area contributed by atoms with Gasteiger partial charge in [-0.2, -0.15) is 11.8 Å². The second-order valence-electron chi connectivity index (χ2n) is 15.7. The summed E-state index contributed by atoms with van der Waals surface area (Å²) < 4.78 is 3.64. The molecule has 1 atom stereocenters. The molecule has 10 rings (SSSR count). The third-order valence-electron chi connectivity index (χ3n) is 12.0. The first-order valence-electron chi connectivity index (χ1n) is 19.0. The number of carbonyl (C=O) groups excluding carboxylic acids is 1. The van der Waals surface area contributed by atoms with Crippen molar-refractivity contribution in [2.75, 3.05) is 17.4 Å². The van der Waals surface area contributed by atoms with Gasteiger partial charge in [0, 0.05) is 43.8 Å². The Balaban J connectivity index is 1.47. The number of benzene rings is 4. The normalized spacial score (nSPS) is 16.5. The lowest BCUT2D eigenvalue weighted by atomic mass is 10.00. The number of aromatic nitrogens is 2. The molecule has 0 saturated heterocycles. The molecule has 0 fully saturated rings. The largest absolute Gasteiger partial charge is 0.310 e. The van der Waals surface area contributed by atoms with Crippen LogP contribution in [0.15, 0.2) is 78.5 Å².